The van der Waals surface area contributed by atoms with Crippen LogP contribution in [0.2, 0.25) is 0 Å². The number of carbonyl (C=O) groups excluding carboxylic acids is 1. The molecular weight excluding hydrogens is 266 g/mol. The van der Waals surface area contributed by atoms with Gasteiger partial charge >= 0.3 is 5.97 Å². The van der Waals surface area contributed by atoms with Crippen LogP contribution in [-0.2, 0) is 16.0 Å². The van der Waals surface area contributed by atoms with Crippen LogP contribution in [0.4, 0.5) is 0 Å². The van der Waals surface area contributed by atoms with E-state index in [9.17, 15) is 4.79 Å². The zero-order chi connectivity index (χ0) is 13.7. The molecule has 0 fully saturated rings. The average Bonchev–Trinajstić information content (AvgIpc) is 3.06. The summed E-state index contributed by atoms with van der Waals surface area (Å²) >= 11 is 1.51. The summed E-state index contributed by atoms with van der Waals surface area (Å²) in [6, 6.07) is 5.61. The maximum atomic E-state index is 11.4. The largest absolute Gasteiger partial charge is 0.447 e. The molecule has 1 unspecified atom stereocenters. The van der Waals surface area contributed by atoms with Gasteiger partial charge in [0.05, 0.1) is 11.3 Å². The van der Waals surface area contributed by atoms with Gasteiger partial charge in [0.15, 0.2) is 6.10 Å². The van der Waals surface area contributed by atoms with Crippen LogP contribution in [0.15, 0.2) is 22.0 Å². The second kappa shape index (κ2) is 6.11. The highest BCUT2D eigenvalue weighted by atomic mass is 32.1. The lowest BCUT2D eigenvalue weighted by molar-refractivity contribution is -0.145. The summed E-state index contributed by atoms with van der Waals surface area (Å²) in [5.41, 5.74) is 0. The van der Waals surface area contributed by atoms with Gasteiger partial charge in [0.2, 0.25) is 11.7 Å². The minimum Gasteiger partial charge on any atom is -0.447 e. The van der Waals surface area contributed by atoms with Gasteiger partial charge in [0, 0.05) is 6.42 Å². The summed E-state index contributed by atoms with van der Waals surface area (Å²) in [6.45, 7) is 1.51. The average molecular weight is 277 g/mol. The van der Waals surface area contributed by atoms with Crippen LogP contribution >= 0.6 is 11.3 Å². The van der Waals surface area contributed by atoms with Crippen LogP contribution < -0.4 is 0 Å². The highest BCUT2D eigenvalue weighted by molar-refractivity contribution is 7.13. The van der Waals surface area contributed by atoms with Crippen molar-refractivity contribution in [2.75, 3.05) is 0 Å². The molecule has 0 saturated carbocycles. The number of nitrogens with zero attached hydrogens (tertiary/aromatic N) is 3. The normalized spacial score (nSPS) is 11.8. The van der Waals surface area contributed by atoms with Crippen LogP contribution in [-0.4, -0.2) is 22.2 Å². The zero-order valence-electron chi connectivity index (χ0n) is 10.2. The Hall–Kier alpha value is -2.20. The first-order valence-electron chi connectivity index (χ1n) is 5.64. The quantitative estimate of drug-likeness (QED) is 0.778. The van der Waals surface area contributed by atoms with Crippen LogP contribution in [0.25, 0.3) is 10.7 Å². The molecule has 0 radical (unpaired) electrons. The van der Waals surface area contributed by atoms with E-state index in [0.29, 0.717) is 18.1 Å². The van der Waals surface area contributed by atoms with E-state index in [1.54, 1.807) is 0 Å². The fraction of sp³-hybridized carbons (Fsp3) is 0.333. The van der Waals surface area contributed by atoms with Crippen LogP contribution in [0.5, 0.6) is 0 Å². The van der Waals surface area contributed by atoms with E-state index in [1.165, 1.54) is 18.3 Å². The maximum Gasteiger partial charge on any atom is 0.307 e. The minimum atomic E-state index is -0.739. The molecule has 98 valence electrons. The van der Waals surface area contributed by atoms with Crippen molar-refractivity contribution in [3.05, 3.63) is 23.4 Å². The van der Waals surface area contributed by atoms with E-state index in [4.69, 9.17) is 14.5 Å². The summed E-state index contributed by atoms with van der Waals surface area (Å²) in [4.78, 5) is 16.5. The molecule has 0 amide bonds. The number of aryl methyl sites for hydroxylation is 1. The fourth-order valence-corrected chi connectivity index (χ4v) is 2.00. The van der Waals surface area contributed by atoms with Crippen LogP contribution in [0.3, 0.4) is 0 Å². The van der Waals surface area contributed by atoms with Crippen molar-refractivity contribution in [2.45, 2.75) is 25.9 Å². The van der Waals surface area contributed by atoms with Crippen molar-refractivity contribution >= 4 is 17.3 Å². The van der Waals surface area contributed by atoms with Gasteiger partial charge in [-0.3, -0.25) is 4.79 Å². The third kappa shape index (κ3) is 3.63. The summed E-state index contributed by atoms with van der Waals surface area (Å²) in [7, 11) is 0. The summed E-state index contributed by atoms with van der Waals surface area (Å²) in [5, 5.41) is 14.3. The molecule has 0 aromatic carbocycles. The van der Waals surface area contributed by atoms with Gasteiger partial charge in [-0.1, -0.05) is 11.2 Å². The van der Waals surface area contributed by atoms with Crippen molar-refractivity contribution in [3.63, 3.8) is 0 Å². The topological polar surface area (TPSA) is 89.0 Å². The smallest absolute Gasteiger partial charge is 0.307 e. The van der Waals surface area contributed by atoms with Crippen molar-refractivity contribution < 1.29 is 14.1 Å². The lowest BCUT2D eigenvalue weighted by Gasteiger charge is -2.03. The Bertz CT molecular complexity index is 586. The van der Waals surface area contributed by atoms with Gasteiger partial charge in [-0.2, -0.15) is 10.2 Å². The Morgan fingerprint density at radius 2 is 2.53 bits per heavy atom. The maximum absolute atomic E-state index is 11.4. The predicted octanol–water partition coefficient (Wildman–Crippen LogP) is 2.19. The first-order valence-corrected chi connectivity index (χ1v) is 6.52. The lowest BCUT2D eigenvalue weighted by Crippen LogP contribution is -2.13. The molecule has 2 aromatic heterocycles. The third-order valence-electron chi connectivity index (χ3n) is 2.24. The minimum absolute atomic E-state index is 0.109. The number of hydrogen-bond acceptors (Lipinski definition) is 7. The highest BCUT2D eigenvalue weighted by Gasteiger charge is 2.13. The molecule has 2 rings (SSSR count). The SMILES string of the molecule is CC(C#N)OC(=O)CCc1nc(-c2cccs2)no1. The molecule has 0 N–H and O–H groups in total. The van der Waals surface area contributed by atoms with E-state index >= 15 is 0 Å². The van der Waals surface area contributed by atoms with E-state index in [1.807, 2.05) is 23.6 Å². The molecule has 19 heavy (non-hydrogen) atoms. The van der Waals surface area contributed by atoms with Crippen molar-refractivity contribution in [3.8, 4) is 16.8 Å². The molecule has 0 aliphatic carbocycles. The van der Waals surface area contributed by atoms with E-state index in [0.717, 1.165) is 4.88 Å². The molecule has 0 saturated heterocycles. The Labute approximate surface area is 113 Å². The number of hydrogen-bond donors (Lipinski definition) is 0. The molecular formula is C12H11N3O3S. The molecule has 6 nitrogen and oxygen atoms in total. The Morgan fingerprint density at radius 3 is 3.21 bits per heavy atom. The molecule has 0 spiro atoms. The molecule has 7 heteroatoms. The van der Waals surface area contributed by atoms with Crippen molar-refractivity contribution in [2.24, 2.45) is 0 Å². The number of rotatable bonds is 5. The number of ether oxygens (including phenoxy) is 1. The number of aromatic nitrogens is 2. The number of thiophene rings is 1. The van der Waals surface area contributed by atoms with Crippen LogP contribution in [0.1, 0.15) is 19.2 Å². The molecule has 0 aliphatic heterocycles. The highest BCUT2D eigenvalue weighted by Crippen LogP contribution is 2.21. The standard InChI is InChI=1S/C12H11N3O3S/c1-8(7-13)17-11(16)5-4-10-14-12(15-18-10)9-3-2-6-19-9/h2-3,6,8H,4-5H2,1H3. The summed E-state index contributed by atoms with van der Waals surface area (Å²) in [5.74, 6) is 0.443. The van der Waals surface area contributed by atoms with Gasteiger partial charge < -0.3 is 9.26 Å². The fourth-order valence-electron chi connectivity index (χ4n) is 1.35. The summed E-state index contributed by atoms with van der Waals surface area (Å²) < 4.78 is 9.86. The lowest BCUT2D eigenvalue weighted by atomic mass is 10.3. The Kier molecular flexibility index (Phi) is 4.26. The first kappa shape index (κ1) is 13.2. The zero-order valence-corrected chi connectivity index (χ0v) is 11.0. The van der Waals surface area contributed by atoms with Gasteiger partial charge in [-0.15, -0.1) is 11.3 Å². The van der Waals surface area contributed by atoms with Gasteiger partial charge in [0.25, 0.3) is 0 Å². The first-order chi connectivity index (χ1) is 9.19. The van der Waals surface area contributed by atoms with E-state index < -0.39 is 12.1 Å². The monoisotopic (exact) mass is 277 g/mol. The summed E-state index contributed by atoms with van der Waals surface area (Å²) in [6.07, 6.45) is -0.329. The van der Waals surface area contributed by atoms with E-state index in [2.05, 4.69) is 10.1 Å². The molecule has 0 aliphatic rings. The number of nitriles is 1. The Morgan fingerprint density at radius 1 is 1.68 bits per heavy atom. The van der Waals surface area contributed by atoms with Crippen molar-refractivity contribution in [1.82, 2.24) is 10.1 Å². The molecule has 2 aromatic rings. The van der Waals surface area contributed by atoms with Crippen LogP contribution in [0, 0.1) is 11.3 Å². The van der Waals surface area contributed by atoms with Gasteiger partial charge in [0.1, 0.15) is 6.07 Å². The molecule has 2 heterocycles. The molecule has 1 atom stereocenters. The second-order valence-corrected chi connectivity index (χ2v) is 4.70. The number of carbonyl (C=O) groups is 1. The van der Waals surface area contributed by atoms with E-state index in [-0.39, 0.29) is 6.42 Å². The second-order valence-electron chi connectivity index (χ2n) is 3.75. The number of esters is 1. The predicted molar refractivity (Wildman–Crippen MR) is 67.1 cm³/mol. The Balaban J connectivity index is 1.88. The van der Waals surface area contributed by atoms with Gasteiger partial charge in [-0.05, 0) is 18.4 Å². The van der Waals surface area contributed by atoms with Crippen molar-refractivity contribution in [1.29, 1.82) is 5.26 Å². The third-order valence-corrected chi connectivity index (χ3v) is 3.11. The molecule has 0 bridgehead atoms. The van der Waals surface area contributed by atoms with Gasteiger partial charge in [-0.25, -0.2) is 0 Å².